The normalized spacial score (nSPS) is 13.1. The fourth-order valence-electron chi connectivity index (χ4n) is 1.98. The number of imidazole rings is 1. The number of nitrogens with one attached hydrogen (secondary N) is 1. The minimum atomic E-state index is -3.74. The van der Waals surface area contributed by atoms with Gasteiger partial charge >= 0.3 is 0 Å². The Morgan fingerprint density at radius 2 is 2.24 bits per heavy atom. The highest BCUT2D eigenvalue weighted by atomic mass is 35.5. The monoisotopic (exact) mass is 351 g/mol. The molecule has 9 heteroatoms. The van der Waals surface area contributed by atoms with Crippen LogP contribution in [0.3, 0.4) is 0 Å². The van der Waals surface area contributed by atoms with Crippen LogP contribution >= 0.6 is 22.9 Å². The lowest BCUT2D eigenvalue weighted by Crippen LogP contribution is -2.34. The van der Waals surface area contributed by atoms with E-state index in [1.807, 2.05) is 13.8 Å². The summed E-state index contributed by atoms with van der Waals surface area (Å²) < 4.78 is 28.9. The van der Waals surface area contributed by atoms with Gasteiger partial charge < -0.3 is 5.11 Å². The summed E-state index contributed by atoms with van der Waals surface area (Å²) in [6, 6.07) is 0. The molecule has 2 N–H and O–H groups in total. The van der Waals surface area contributed by atoms with Gasteiger partial charge in [-0.2, -0.15) is 0 Å². The predicted molar refractivity (Wildman–Crippen MR) is 83.4 cm³/mol. The molecule has 118 valence electrons. The second-order valence-electron chi connectivity index (χ2n) is 5.58. The maximum Gasteiger partial charge on any atom is 0.259 e. The van der Waals surface area contributed by atoms with E-state index in [9.17, 15) is 8.42 Å². The highest BCUT2D eigenvalue weighted by Gasteiger charge is 2.27. The quantitative estimate of drug-likeness (QED) is 0.800. The van der Waals surface area contributed by atoms with Crippen molar-refractivity contribution in [1.82, 2.24) is 14.1 Å². The van der Waals surface area contributed by atoms with E-state index in [0.29, 0.717) is 11.4 Å². The number of hydrogen-bond acceptors (Lipinski definition) is 5. The van der Waals surface area contributed by atoms with Crippen molar-refractivity contribution in [3.63, 3.8) is 0 Å². The summed E-state index contributed by atoms with van der Waals surface area (Å²) in [5.41, 5.74) is -0.249. The molecule has 0 aromatic carbocycles. The molecule has 0 aliphatic carbocycles. The summed E-state index contributed by atoms with van der Waals surface area (Å²) >= 11 is 7.27. The first kappa shape index (κ1) is 16.7. The maximum atomic E-state index is 12.4. The fraction of sp³-hybridized carbons (Fsp3) is 0.583. The zero-order valence-corrected chi connectivity index (χ0v) is 14.2. The van der Waals surface area contributed by atoms with E-state index in [4.69, 9.17) is 16.7 Å². The average Bonchev–Trinajstić information content (AvgIpc) is 2.93. The van der Waals surface area contributed by atoms with E-state index in [2.05, 4.69) is 9.71 Å². The molecule has 0 saturated heterocycles. The summed E-state index contributed by atoms with van der Waals surface area (Å²) in [5, 5.41) is 10.6. The largest absolute Gasteiger partial charge is 0.396 e. The van der Waals surface area contributed by atoms with Crippen LogP contribution in [0.4, 0.5) is 0 Å². The summed E-state index contributed by atoms with van der Waals surface area (Å²) in [7, 11) is -3.74. The molecular weight excluding hydrogens is 334 g/mol. The summed E-state index contributed by atoms with van der Waals surface area (Å²) in [4.78, 5) is 4.57. The number of rotatable bonds is 7. The van der Waals surface area contributed by atoms with Crippen LogP contribution < -0.4 is 4.72 Å². The molecule has 0 bridgehead atoms. The van der Waals surface area contributed by atoms with Gasteiger partial charge in [-0.25, -0.2) is 18.1 Å². The number of aliphatic hydroxyl groups is 1. The van der Waals surface area contributed by atoms with Gasteiger partial charge in [0, 0.05) is 24.7 Å². The van der Waals surface area contributed by atoms with Crippen molar-refractivity contribution in [2.45, 2.75) is 31.7 Å². The standard InChI is InChI=1S/C12H18ClN3O3S2/c1-12(2,4-3-6-17)8-14-21(18,19)10-9(13)15-11-16(10)5-7-20-11/h5,7,14,17H,3-4,6,8H2,1-2H3. The van der Waals surface area contributed by atoms with Crippen LogP contribution in [-0.2, 0) is 10.0 Å². The second kappa shape index (κ2) is 6.21. The Morgan fingerprint density at radius 1 is 1.52 bits per heavy atom. The molecule has 6 nitrogen and oxygen atoms in total. The summed E-state index contributed by atoms with van der Waals surface area (Å²) in [6.07, 6.45) is 2.99. The molecule has 0 saturated carbocycles. The molecule has 0 amide bonds. The lowest BCUT2D eigenvalue weighted by Gasteiger charge is -2.24. The molecule has 0 aliphatic rings. The van der Waals surface area contributed by atoms with Gasteiger partial charge in [0.05, 0.1) is 0 Å². The zero-order valence-electron chi connectivity index (χ0n) is 11.8. The molecular formula is C12H18ClN3O3S2. The third-order valence-electron chi connectivity index (χ3n) is 3.19. The highest BCUT2D eigenvalue weighted by Crippen LogP contribution is 2.26. The number of thiazole rings is 1. The van der Waals surface area contributed by atoms with Crippen molar-refractivity contribution >= 4 is 37.9 Å². The zero-order chi connectivity index (χ0) is 15.7. The maximum absolute atomic E-state index is 12.4. The van der Waals surface area contributed by atoms with E-state index in [1.165, 1.54) is 15.7 Å². The van der Waals surface area contributed by atoms with Crippen LogP contribution in [0.15, 0.2) is 16.6 Å². The van der Waals surface area contributed by atoms with Gasteiger partial charge in [-0.1, -0.05) is 25.4 Å². The van der Waals surface area contributed by atoms with Crippen molar-refractivity contribution in [1.29, 1.82) is 0 Å². The Balaban J connectivity index is 2.19. The van der Waals surface area contributed by atoms with Crippen LogP contribution in [0.25, 0.3) is 4.96 Å². The number of fused-ring (bicyclic) bond motifs is 1. The molecule has 2 heterocycles. The van der Waals surface area contributed by atoms with E-state index >= 15 is 0 Å². The van der Waals surface area contributed by atoms with E-state index < -0.39 is 10.0 Å². The van der Waals surface area contributed by atoms with Crippen LogP contribution in [-0.4, -0.2) is 36.1 Å². The van der Waals surface area contributed by atoms with Gasteiger partial charge in [0.25, 0.3) is 10.0 Å². The highest BCUT2D eigenvalue weighted by molar-refractivity contribution is 7.89. The second-order valence-corrected chi connectivity index (χ2v) is 8.49. The molecule has 2 aromatic rings. The van der Waals surface area contributed by atoms with Crippen LogP contribution in [0, 0.1) is 5.41 Å². The van der Waals surface area contributed by atoms with Crippen LogP contribution in [0.5, 0.6) is 0 Å². The molecule has 0 spiro atoms. The van der Waals surface area contributed by atoms with Gasteiger partial charge in [0.2, 0.25) is 0 Å². The first-order valence-electron chi connectivity index (χ1n) is 6.48. The van der Waals surface area contributed by atoms with Gasteiger partial charge in [-0.15, -0.1) is 11.3 Å². The van der Waals surface area contributed by atoms with Gasteiger partial charge in [0.15, 0.2) is 15.1 Å². The molecule has 21 heavy (non-hydrogen) atoms. The van der Waals surface area contributed by atoms with Gasteiger partial charge in [0.1, 0.15) is 0 Å². The Labute approximate surface area is 132 Å². The van der Waals surface area contributed by atoms with E-state index in [1.54, 1.807) is 11.6 Å². The summed E-state index contributed by atoms with van der Waals surface area (Å²) in [6.45, 7) is 4.26. The molecule has 2 aromatic heterocycles. The van der Waals surface area contributed by atoms with Crippen molar-refractivity contribution in [3.05, 3.63) is 16.7 Å². The van der Waals surface area contributed by atoms with Crippen molar-refractivity contribution < 1.29 is 13.5 Å². The molecule has 0 unspecified atom stereocenters. The van der Waals surface area contributed by atoms with Gasteiger partial charge in [-0.05, 0) is 18.3 Å². The minimum Gasteiger partial charge on any atom is -0.396 e. The Hall–Kier alpha value is -0.670. The lowest BCUT2D eigenvalue weighted by atomic mass is 9.88. The topological polar surface area (TPSA) is 83.7 Å². The molecule has 2 rings (SSSR count). The third kappa shape index (κ3) is 3.75. The minimum absolute atomic E-state index is 0.0254. The van der Waals surface area contributed by atoms with Crippen LogP contribution in [0.1, 0.15) is 26.7 Å². The Morgan fingerprint density at radius 3 is 2.90 bits per heavy atom. The molecule has 0 radical (unpaired) electrons. The van der Waals surface area contributed by atoms with Crippen molar-refractivity contribution in [3.8, 4) is 0 Å². The third-order valence-corrected chi connectivity index (χ3v) is 5.74. The van der Waals surface area contributed by atoms with Crippen molar-refractivity contribution in [2.75, 3.05) is 13.2 Å². The first-order valence-corrected chi connectivity index (χ1v) is 9.22. The Bertz CT molecular complexity index is 721. The number of hydrogen-bond donors (Lipinski definition) is 2. The molecule has 0 fully saturated rings. The molecule has 0 aliphatic heterocycles. The number of aromatic nitrogens is 2. The number of nitrogens with zero attached hydrogens (tertiary/aromatic N) is 2. The first-order chi connectivity index (χ1) is 9.77. The number of halogens is 1. The summed E-state index contributed by atoms with van der Waals surface area (Å²) in [5.74, 6) is 0. The van der Waals surface area contributed by atoms with Gasteiger partial charge in [-0.3, -0.25) is 4.40 Å². The Kier molecular flexibility index (Phi) is 4.94. The predicted octanol–water partition coefficient (Wildman–Crippen LogP) is 2.13. The van der Waals surface area contributed by atoms with E-state index in [-0.39, 0.29) is 28.7 Å². The number of sulfonamides is 1. The SMILES string of the molecule is CC(C)(CCCO)CNS(=O)(=O)c1c(Cl)nc2sccn12. The van der Waals surface area contributed by atoms with E-state index in [0.717, 1.165) is 6.42 Å². The average molecular weight is 352 g/mol. The van der Waals surface area contributed by atoms with Crippen molar-refractivity contribution in [2.24, 2.45) is 5.41 Å². The van der Waals surface area contributed by atoms with Crippen LogP contribution in [0.2, 0.25) is 5.15 Å². The fourth-order valence-corrected chi connectivity index (χ4v) is 4.67. The molecule has 0 atom stereocenters. The lowest BCUT2D eigenvalue weighted by molar-refractivity contribution is 0.242. The smallest absolute Gasteiger partial charge is 0.259 e. The number of aliphatic hydroxyl groups excluding tert-OH is 1.